The molecule has 2 aromatic heterocycles. The van der Waals surface area contributed by atoms with E-state index in [0.29, 0.717) is 50.5 Å². The van der Waals surface area contributed by atoms with Crippen molar-refractivity contribution in [3.05, 3.63) is 77.2 Å². The first-order valence-corrected chi connectivity index (χ1v) is 10.9. The predicted molar refractivity (Wildman–Crippen MR) is 125 cm³/mol. The number of anilines is 1. The summed E-state index contributed by atoms with van der Waals surface area (Å²) in [5.41, 5.74) is 1.49. The molecule has 0 spiro atoms. The minimum absolute atomic E-state index is 0.198. The maximum Gasteiger partial charge on any atom is 0.196 e. The molecular weight excluding hydrogens is 426 g/mol. The van der Waals surface area contributed by atoms with Gasteiger partial charge < -0.3 is 20.4 Å². The van der Waals surface area contributed by atoms with Crippen molar-refractivity contribution >= 4 is 34.2 Å². The number of hydrogen-bond acceptors (Lipinski definition) is 6. The molecule has 5 rings (SSSR count). The van der Waals surface area contributed by atoms with E-state index in [1.807, 2.05) is 30.3 Å². The highest BCUT2D eigenvalue weighted by Crippen LogP contribution is 2.31. The number of rotatable bonds is 6. The number of aromatic nitrogens is 3. The van der Waals surface area contributed by atoms with Crippen molar-refractivity contribution in [2.24, 2.45) is 0 Å². The average molecular weight is 448 g/mol. The van der Waals surface area contributed by atoms with Crippen molar-refractivity contribution in [1.82, 2.24) is 20.3 Å². The second-order valence-electron chi connectivity index (χ2n) is 7.70. The van der Waals surface area contributed by atoms with Gasteiger partial charge in [-0.1, -0.05) is 29.8 Å². The Hall–Kier alpha value is -3.42. The number of fused-ring (bicyclic) bond motifs is 1. The number of para-hydroxylation sites is 1. The Morgan fingerprint density at radius 1 is 1.03 bits per heavy atom. The summed E-state index contributed by atoms with van der Waals surface area (Å²) in [4.78, 5) is 25.2. The quantitative estimate of drug-likeness (QED) is 0.368. The van der Waals surface area contributed by atoms with Gasteiger partial charge in [0, 0.05) is 23.9 Å². The SMILES string of the molecule is O=C(c1ccc(Oc2ccccc2)cc1Cl)c1c[nH]c2ncnc(NC3CCNCC3)c12. The van der Waals surface area contributed by atoms with Gasteiger partial charge in [0.15, 0.2) is 5.78 Å². The fourth-order valence-electron chi connectivity index (χ4n) is 3.92. The predicted octanol–water partition coefficient (Wildman–Crippen LogP) is 4.80. The van der Waals surface area contributed by atoms with Crippen LogP contribution >= 0.6 is 11.6 Å². The van der Waals surface area contributed by atoms with Gasteiger partial charge in [-0.15, -0.1) is 0 Å². The molecule has 0 aliphatic carbocycles. The van der Waals surface area contributed by atoms with Crippen LogP contribution in [0, 0.1) is 0 Å². The lowest BCUT2D eigenvalue weighted by atomic mass is 10.0. The van der Waals surface area contributed by atoms with Crippen LogP contribution in [-0.4, -0.2) is 39.9 Å². The smallest absolute Gasteiger partial charge is 0.196 e. The number of nitrogens with zero attached hydrogens (tertiary/aromatic N) is 2. The Kier molecular flexibility index (Phi) is 5.75. The molecule has 32 heavy (non-hydrogen) atoms. The number of halogens is 1. The third-order valence-corrected chi connectivity index (χ3v) is 5.87. The van der Waals surface area contributed by atoms with Crippen molar-refractivity contribution in [2.75, 3.05) is 18.4 Å². The Bertz CT molecular complexity index is 1250. The Morgan fingerprint density at radius 2 is 1.84 bits per heavy atom. The third-order valence-electron chi connectivity index (χ3n) is 5.56. The van der Waals surface area contributed by atoms with Gasteiger partial charge >= 0.3 is 0 Å². The second kappa shape index (κ2) is 8.98. The lowest BCUT2D eigenvalue weighted by Gasteiger charge is -2.24. The van der Waals surface area contributed by atoms with E-state index in [1.54, 1.807) is 24.4 Å². The molecule has 8 heteroatoms. The van der Waals surface area contributed by atoms with Crippen LogP contribution in [0.15, 0.2) is 61.1 Å². The highest BCUT2D eigenvalue weighted by molar-refractivity contribution is 6.35. The zero-order valence-electron chi connectivity index (χ0n) is 17.3. The fourth-order valence-corrected chi connectivity index (χ4v) is 4.18. The Balaban J connectivity index is 1.44. The topological polar surface area (TPSA) is 91.9 Å². The van der Waals surface area contributed by atoms with Gasteiger partial charge in [0.2, 0.25) is 0 Å². The second-order valence-corrected chi connectivity index (χ2v) is 8.11. The van der Waals surface area contributed by atoms with Gasteiger partial charge in [-0.25, -0.2) is 9.97 Å². The maximum atomic E-state index is 13.4. The van der Waals surface area contributed by atoms with Crippen LogP contribution in [0.3, 0.4) is 0 Å². The number of H-pyrrole nitrogens is 1. The standard InChI is InChI=1S/C24H22ClN5O2/c25-20-12-17(32-16-4-2-1-3-5-16)6-7-18(20)22(31)19-13-27-23-21(19)24(29-14-28-23)30-15-8-10-26-11-9-15/h1-7,12-15,26H,8-11H2,(H2,27,28,29,30). The monoisotopic (exact) mass is 447 g/mol. The van der Waals surface area contributed by atoms with Crippen molar-refractivity contribution in [2.45, 2.75) is 18.9 Å². The number of nitrogens with one attached hydrogen (secondary N) is 3. The summed E-state index contributed by atoms with van der Waals surface area (Å²) in [5.74, 6) is 1.72. The molecule has 3 heterocycles. The summed E-state index contributed by atoms with van der Waals surface area (Å²) < 4.78 is 5.82. The number of carbonyl (C=O) groups excluding carboxylic acids is 1. The molecule has 0 atom stereocenters. The van der Waals surface area contributed by atoms with Crippen LogP contribution in [0.4, 0.5) is 5.82 Å². The first kappa shape index (κ1) is 20.5. The fraction of sp³-hybridized carbons (Fsp3) is 0.208. The molecule has 7 nitrogen and oxygen atoms in total. The lowest BCUT2D eigenvalue weighted by molar-refractivity contribution is 0.104. The minimum atomic E-state index is -0.198. The van der Waals surface area contributed by atoms with E-state index in [4.69, 9.17) is 16.3 Å². The van der Waals surface area contributed by atoms with Crippen molar-refractivity contribution in [3.8, 4) is 11.5 Å². The molecule has 1 aliphatic heterocycles. The Morgan fingerprint density at radius 3 is 2.62 bits per heavy atom. The summed E-state index contributed by atoms with van der Waals surface area (Å²) in [6.45, 7) is 1.91. The molecule has 0 amide bonds. The first-order valence-electron chi connectivity index (χ1n) is 10.6. The minimum Gasteiger partial charge on any atom is -0.457 e. The Labute approximate surface area is 190 Å². The van der Waals surface area contributed by atoms with Gasteiger partial charge in [-0.2, -0.15) is 0 Å². The molecule has 162 valence electrons. The number of aromatic amines is 1. The molecular formula is C24H22ClN5O2. The summed E-state index contributed by atoms with van der Waals surface area (Å²) in [6.07, 6.45) is 5.15. The molecule has 0 saturated carbocycles. The number of ether oxygens (including phenoxy) is 1. The zero-order chi connectivity index (χ0) is 21.9. The summed E-state index contributed by atoms with van der Waals surface area (Å²) in [6, 6.07) is 14.8. The van der Waals surface area contributed by atoms with Crippen molar-refractivity contribution in [3.63, 3.8) is 0 Å². The summed E-state index contributed by atoms with van der Waals surface area (Å²) in [7, 11) is 0. The number of carbonyl (C=O) groups is 1. The van der Waals surface area contributed by atoms with E-state index in [-0.39, 0.29) is 5.78 Å². The van der Waals surface area contributed by atoms with E-state index in [0.717, 1.165) is 25.9 Å². The third kappa shape index (κ3) is 4.17. The molecule has 0 bridgehead atoms. The maximum absolute atomic E-state index is 13.4. The van der Waals surface area contributed by atoms with Crippen LogP contribution in [0.2, 0.25) is 5.02 Å². The molecule has 3 N–H and O–H groups in total. The van der Waals surface area contributed by atoms with E-state index < -0.39 is 0 Å². The average Bonchev–Trinajstić information content (AvgIpc) is 3.26. The van der Waals surface area contributed by atoms with Crippen molar-refractivity contribution in [1.29, 1.82) is 0 Å². The van der Waals surface area contributed by atoms with Gasteiger partial charge in [0.25, 0.3) is 0 Å². The van der Waals surface area contributed by atoms with Crippen molar-refractivity contribution < 1.29 is 9.53 Å². The van der Waals surface area contributed by atoms with Gasteiger partial charge in [0.1, 0.15) is 29.3 Å². The van der Waals surface area contributed by atoms with E-state index >= 15 is 0 Å². The van der Waals surface area contributed by atoms with Crippen LogP contribution in [0.5, 0.6) is 11.5 Å². The lowest BCUT2D eigenvalue weighted by Crippen LogP contribution is -2.35. The van der Waals surface area contributed by atoms with Crippen LogP contribution in [-0.2, 0) is 0 Å². The van der Waals surface area contributed by atoms with Gasteiger partial charge in [0.05, 0.1) is 16.0 Å². The van der Waals surface area contributed by atoms with Crippen LogP contribution in [0.25, 0.3) is 11.0 Å². The van der Waals surface area contributed by atoms with E-state index in [2.05, 4.69) is 25.6 Å². The molecule has 0 radical (unpaired) electrons. The normalized spacial score (nSPS) is 14.4. The highest BCUT2D eigenvalue weighted by Gasteiger charge is 2.22. The molecule has 4 aromatic rings. The molecule has 1 aliphatic rings. The van der Waals surface area contributed by atoms with Crippen LogP contribution < -0.4 is 15.4 Å². The van der Waals surface area contributed by atoms with Gasteiger partial charge in [-0.3, -0.25) is 4.79 Å². The zero-order valence-corrected chi connectivity index (χ0v) is 18.0. The number of benzene rings is 2. The van der Waals surface area contributed by atoms with E-state index in [1.165, 1.54) is 6.33 Å². The van der Waals surface area contributed by atoms with Crippen LogP contribution in [0.1, 0.15) is 28.8 Å². The number of ketones is 1. The highest BCUT2D eigenvalue weighted by atomic mass is 35.5. The molecule has 1 saturated heterocycles. The largest absolute Gasteiger partial charge is 0.457 e. The molecule has 1 fully saturated rings. The van der Waals surface area contributed by atoms with E-state index in [9.17, 15) is 4.79 Å². The number of hydrogen-bond donors (Lipinski definition) is 3. The molecule has 2 aromatic carbocycles. The summed E-state index contributed by atoms with van der Waals surface area (Å²) in [5, 5.41) is 7.84. The summed E-state index contributed by atoms with van der Waals surface area (Å²) >= 11 is 6.49. The molecule has 0 unspecified atom stereocenters. The number of piperidine rings is 1. The van der Waals surface area contributed by atoms with Gasteiger partial charge in [-0.05, 0) is 50.2 Å². The first-order chi connectivity index (χ1) is 15.7.